The Balaban J connectivity index is 1.09. The van der Waals surface area contributed by atoms with E-state index in [0.717, 1.165) is 39.3 Å². The Hall–Kier alpha value is -7.76. The molecule has 8 aromatic carbocycles. The van der Waals surface area contributed by atoms with E-state index in [1.807, 2.05) is 0 Å². The van der Waals surface area contributed by atoms with E-state index in [-0.39, 0.29) is 12.0 Å². The van der Waals surface area contributed by atoms with Crippen LogP contribution in [-0.4, -0.2) is 18.9 Å². The number of hydrogen-bond donors (Lipinski definition) is 0. The van der Waals surface area contributed by atoms with Crippen molar-refractivity contribution in [3.63, 3.8) is 0 Å². The second-order valence-electron chi connectivity index (χ2n) is 16.1. The molecule has 0 spiro atoms. The first-order chi connectivity index (χ1) is 29.3. The Kier molecular flexibility index (Phi) is 6.07. The largest absolute Gasteiger partial charge is 0.316 e. The quantitative estimate of drug-likeness (QED) is 0.180. The van der Waals surface area contributed by atoms with Gasteiger partial charge in [-0.25, -0.2) is 9.97 Å². The van der Waals surface area contributed by atoms with Crippen molar-refractivity contribution in [3.8, 4) is 16.9 Å². The highest BCUT2D eigenvalue weighted by molar-refractivity contribution is 6.25. The molecule has 0 amide bonds. The number of fused-ring (bicyclic) bond motifs is 16. The van der Waals surface area contributed by atoms with Crippen molar-refractivity contribution in [2.24, 2.45) is 0 Å². The summed E-state index contributed by atoms with van der Waals surface area (Å²) >= 11 is 0. The first-order valence-electron chi connectivity index (χ1n) is 20.4. The number of para-hydroxylation sites is 6. The molecule has 59 heavy (non-hydrogen) atoms. The molecule has 2 unspecified atom stereocenters. The Morgan fingerprint density at radius 1 is 0.492 bits per heavy atom. The number of nitrogens with zero attached hydrogens (tertiary/aromatic N) is 5. The van der Waals surface area contributed by atoms with Gasteiger partial charge in [0.1, 0.15) is 5.69 Å². The lowest BCUT2D eigenvalue weighted by molar-refractivity contribution is 0.664. The molecular formula is C54H33N5. The van der Waals surface area contributed by atoms with E-state index in [2.05, 4.69) is 202 Å². The maximum atomic E-state index is 5.63. The van der Waals surface area contributed by atoms with Gasteiger partial charge in [0.15, 0.2) is 5.82 Å². The van der Waals surface area contributed by atoms with E-state index in [1.54, 1.807) is 0 Å². The number of aromatic nitrogens is 4. The highest BCUT2D eigenvalue weighted by atomic mass is 15.3. The van der Waals surface area contributed by atoms with E-state index in [9.17, 15) is 0 Å². The lowest BCUT2D eigenvalue weighted by Crippen LogP contribution is -2.25. The van der Waals surface area contributed by atoms with Crippen LogP contribution >= 0.6 is 0 Å². The van der Waals surface area contributed by atoms with E-state index < -0.39 is 0 Å². The zero-order valence-corrected chi connectivity index (χ0v) is 31.8. The highest BCUT2D eigenvalue weighted by Crippen LogP contribution is 2.59. The van der Waals surface area contributed by atoms with Gasteiger partial charge in [0.2, 0.25) is 0 Å². The van der Waals surface area contributed by atoms with Crippen LogP contribution in [0.4, 0.5) is 11.5 Å². The summed E-state index contributed by atoms with van der Waals surface area (Å²) < 4.78 is 4.88. The maximum absolute atomic E-state index is 5.63. The molecule has 0 radical (unpaired) electrons. The molecule has 1 aliphatic heterocycles. The van der Waals surface area contributed by atoms with Gasteiger partial charge in [0.05, 0.1) is 44.7 Å². The smallest absolute Gasteiger partial charge is 0.161 e. The SMILES string of the molecule is C1=CC2c3c(ccc4c3c3cccc5c6ccccc6n4c53)N(c3nc4ccccc4nc3-c3ccc4c5ccccc5n(-c5ccccc5)c4c3)C2c2ccccc21. The third-order valence-electron chi connectivity index (χ3n) is 13.2. The van der Waals surface area contributed by atoms with Crippen molar-refractivity contribution in [2.45, 2.75) is 12.0 Å². The minimum atomic E-state index is -0.0256. The third kappa shape index (κ3) is 4.08. The van der Waals surface area contributed by atoms with Gasteiger partial charge in [-0.1, -0.05) is 133 Å². The van der Waals surface area contributed by atoms with Crippen LogP contribution < -0.4 is 4.90 Å². The van der Waals surface area contributed by atoms with Gasteiger partial charge in [0, 0.05) is 55.2 Å². The zero-order valence-electron chi connectivity index (χ0n) is 31.8. The van der Waals surface area contributed by atoms with Gasteiger partial charge in [0.25, 0.3) is 0 Å². The van der Waals surface area contributed by atoms with Crippen LogP contribution in [-0.2, 0) is 0 Å². The van der Waals surface area contributed by atoms with Gasteiger partial charge in [-0.05, 0) is 71.3 Å². The molecule has 5 heterocycles. The summed E-state index contributed by atoms with van der Waals surface area (Å²) in [4.78, 5) is 13.7. The van der Waals surface area contributed by atoms with Gasteiger partial charge >= 0.3 is 0 Å². The fourth-order valence-corrected chi connectivity index (χ4v) is 10.8. The minimum Gasteiger partial charge on any atom is -0.316 e. The predicted molar refractivity (Wildman–Crippen MR) is 244 cm³/mol. The van der Waals surface area contributed by atoms with Crippen molar-refractivity contribution >= 4 is 88.5 Å². The molecule has 0 N–H and O–H groups in total. The molecule has 1 aliphatic carbocycles. The zero-order chi connectivity index (χ0) is 38.3. The first kappa shape index (κ1) is 31.3. The molecule has 4 aromatic heterocycles. The van der Waals surface area contributed by atoms with Crippen LogP contribution in [0.5, 0.6) is 0 Å². The lowest BCUT2D eigenvalue weighted by Gasteiger charge is -2.33. The first-order valence-corrected chi connectivity index (χ1v) is 20.4. The predicted octanol–water partition coefficient (Wildman–Crippen LogP) is 13.5. The van der Waals surface area contributed by atoms with Gasteiger partial charge in [-0.3, -0.25) is 0 Å². The van der Waals surface area contributed by atoms with Crippen LogP contribution in [0, 0.1) is 0 Å². The van der Waals surface area contributed by atoms with E-state index in [1.165, 1.54) is 76.8 Å². The normalized spacial score (nSPS) is 16.0. The van der Waals surface area contributed by atoms with Crippen LogP contribution in [0.3, 0.4) is 0 Å². The summed E-state index contributed by atoms with van der Waals surface area (Å²) in [6.07, 6.45) is 4.77. The van der Waals surface area contributed by atoms with Crippen LogP contribution in [0.1, 0.15) is 28.7 Å². The van der Waals surface area contributed by atoms with Gasteiger partial charge < -0.3 is 13.9 Å². The van der Waals surface area contributed by atoms with Crippen molar-refractivity contribution in [1.29, 1.82) is 0 Å². The number of benzene rings is 8. The molecule has 274 valence electrons. The topological polar surface area (TPSA) is 38.4 Å². The Bertz CT molecular complexity index is 3760. The molecule has 2 aliphatic rings. The van der Waals surface area contributed by atoms with E-state index in [4.69, 9.17) is 9.97 Å². The van der Waals surface area contributed by atoms with Crippen molar-refractivity contribution in [2.75, 3.05) is 4.90 Å². The Morgan fingerprint density at radius 3 is 2.07 bits per heavy atom. The molecule has 14 rings (SSSR count). The Labute approximate surface area is 338 Å². The monoisotopic (exact) mass is 751 g/mol. The van der Waals surface area contributed by atoms with Crippen LogP contribution in [0.2, 0.25) is 0 Å². The second-order valence-corrected chi connectivity index (χ2v) is 16.1. The molecule has 0 fully saturated rings. The molecule has 5 heteroatoms. The second kappa shape index (κ2) is 11.4. The van der Waals surface area contributed by atoms with Crippen LogP contribution in [0.15, 0.2) is 182 Å². The Morgan fingerprint density at radius 2 is 1.19 bits per heavy atom. The highest BCUT2D eigenvalue weighted by Gasteiger charge is 2.45. The molecule has 5 nitrogen and oxygen atoms in total. The van der Waals surface area contributed by atoms with Crippen molar-refractivity contribution in [3.05, 3.63) is 199 Å². The number of hydrogen-bond acceptors (Lipinski definition) is 3. The fourth-order valence-electron chi connectivity index (χ4n) is 10.8. The van der Waals surface area contributed by atoms with Crippen molar-refractivity contribution in [1.82, 2.24) is 18.9 Å². The summed E-state index contributed by atoms with van der Waals surface area (Å²) in [6, 6.07) is 63.8. The van der Waals surface area contributed by atoms with Gasteiger partial charge in [-0.15, -0.1) is 0 Å². The number of anilines is 2. The van der Waals surface area contributed by atoms with E-state index in [0.29, 0.717) is 0 Å². The number of rotatable bonds is 3. The molecule has 2 atom stereocenters. The summed E-state index contributed by atoms with van der Waals surface area (Å²) in [7, 11) is 0. The standard InChI is InChI=1S/C54H33N5/c1-2-14-34(15-3-1)57-44-23-10-6-17-36(44)38-27-26-33(31-48(38)57)51-54(56-43-22-9-8-21-42(43)55-51)59-47-30-29-46-49(50(47)41-28-25-32-13-4-5-16-35(32)52(41)59)40-20-12-19-39-37-18-7-11-24-45(37)58(46)53(39)40/h1-31,41,52H. The van der Waals surface area contributed by atoms with Crippen molar-refractivity contribution < 1.29 is 0 Å². The van der Waals surface area contributed by atoms with Gasteiger partial charge in [-0.2, -0.15) is 0 Å². The molecule has 0 bridgehead atoms. The minimum absolute atomic E-state index is 0.0256. The summed E-state index contributed by atoms with van der Waals surface area (Å²) in [5.41, 5.74) is 16.0. The molecule has 0 saturated heterocycles. The molecule has 0 saturated carbocycles. The summed E-state index contributed by atoms with van der Waals surface area (Å²) in [6.45, 7) is 0. The fraction of sp³-hybridized carbons (Fsp3) is 0.0370. The average molecular weight is 752 g/mol. The average Bonchev–Trinajstić information content (AvgIpc) is 4.03. The third-order valence-corrected chi connectivity index (χ3v) is 13.2. The summed E-state index contributed by atoms with van der Waals surface area (Å²) in [5, 5.41) is 7.64. The summed E-state index contributed by atoms with van der Waals surface area (Å²) in [5.74, 6) is 0.954. The van der Waals surface area contributed by atoms with Crippen LogP contribution in [0.25, 0.3) is 94.0 Å². The van der Waals surface area contributed by atoms with E-state index >= 15 is 0 Å². The maximum Gasteiger partial charge on any atom is 0.161 e. The molecule has 12 aromatic rings. The molecular weight excluding hydrogens is 719 g/mol. The lowest BCUT2D eigenvalue weighted by atomic mass is 9.82.